The molecule has 1 aromatic carbocycles. The van der Waals surface area contributed by atoms with Gasteiger partial charge in [0, 0.05) is 18.2 Å². The third kappa shape index (κ3) is 2.45. The summed E-state index contributed by atoms with van der Waals surface area (Å²) in [5, 5.41) is 10.6. The van der Waals surface area contributed by atoms with Crippen molar-refractivity contribution in [3.05, 3.63) is 41.3 Å². The number of carbonyl (C=O) groups excluding carboxylic acids is 1. The molecule has 3 heterocycles. The number of nitrogen functional groups attached to an aromatic ring is 1. The number of anilines is 1. The highest BCUT2D eigenvalue weighted by Crippen LogP contribution is 2.33. The third-order valence-corrected chi connectivity index (χ3v) is 4.30. The molecule has 1 amide bonds. The van der Waals surface area contributed by atoms with Gasteiger partial charge in [0.15, 0.2) is 0 Å². The minimum absolute atomic E-state index is 0.0303. The molecule has 0 bridgehead atoms. The number of carbonyl (C=O) groups is 1. The highest BCUT2D eigenvalue weighted by molar-refractivity contribution is 5.97. The summed E-state index contributed by atoms with van der Waals surface area (Å²) in [5.74, 6) is 1.02. The van der Waals surface area contributed by atoms with Crippen LogP contribution < -0.4 is 5.73 Å². The van der Waals surface area contributed by atoms with Crippen LogP contribution in [-0.2, 0) is 0 Å². The zero-order valence-corrected chi connectivity index (χ0v) is 13.2. The first-order valence-corrected chi connectivity index (χ1v) is 7.84. The number of fused-ring (bicyclic) bond motifs is 1. The van der Waals surface area contributed by atoms with Crippen LogP contribution in [-0.4, -0.2) is 42.7 Å². The lowest BCUT2D eigenvalue weighted by Gasteiger charge is -2.24. The number of aromatic nitrogens is 5. The van der Waals surface area contributed by atoms with E-state index in [-0.39, 0.29) is 11.9 Å². The topological polar surface area (TPSA) is 114 Å². The van der Waals surface area contributed by atoms with E-state index in [0.717, 1.165) is 24.1 Å². The average molecular weight is 323 g/mol. The molecular formula is C16H17N7O. The molecule has 3 N–H and O–H groups in total. The fourth-order valence-electron chi connectivity index (χ4n) is 3.24. The second kappa shape index (κ2) is 5.55. The summed E-state index contributed by atoms with van der Waals surface area (Å²) < 4.78 is 0. The summed E-state index contributed by atoms with van der Waals surface area (Å²) in [6, 6.07) is 7.02. The van der Waals surface area contributed by atoms with Crippen molar-refractivity contribution in [3.63, 3.8) is 0 Å². The van der Waals surface area contributed by atoms with Crippen LogP contribution in [0.1, 0.15) is 40.8 Å². The van der Waals surface area contributed by atoms with Crippen molar-refractivity contribution in [2.45, 2.75) is 25.8 Å². The lowest BCUT2D eigenvalue weighted by Crippen LogP contribution is -2.31. The summed E-state index contributed by atoms with van der Waals surface area (Å²) in [4.78, 5) is 23.4. The molecule has 1 atom stereocenters. The molecule has 8 heteroatoms. The Hall–Kier alpha value is -3.03. The van der Waals surface area contributed by atoms with Crippen LogP contribution in [0.15, 0.2) is 24.3 Å². The molecule has 4 rings (SSSR count). The molecule has 0 saturated carbocycles. The number of nitrogens with one attached hydrogen (secondary N) is 1. The van der Waals surface area contributed by atoms with Gasteiger partial charge in [-0.3, -0.25) is 4.79 Å². The van der Waals surface area contributed by atoms with E-state index in [1.165, 1.54) is 0 Å². The normalized spacial score (nSPS) is 17.5. The van der Waals surface area contributed by atoms with Crippen LogP contribution in [0.5, 0.6) is 0 Å². The van der Waals surface area contributed by atoms with Crippen molar-refractivity contribution in [2.24, 2.45) is 0 Å². The van der Waals surface area contributed by atoms with E-state index in [0.29, 0.717) is 29.3 Å². The molecule has 3 aromatic rings. The Labute approximate surface area is 138 Å². The molecule has 0 aliphatic carbocycles. The van der Waals surface area contributed by atoms with Gasteiger partial charge in [-0.15, -0.1) is 0 Å². The molecular weight excluding hydrogens is 306 g/mol. The van der Waals surface area contributed by atoms with Gasteiger partial charge in [-0.25, -0.2) is 9.97 Å². The van der Waals surface area contributed by atoms with Crippen LogP contribution in [0, 0.1) is 6.92 Å². The van der Waals surface area contributed by atoms with Gasteiger partial charge in [0.25, 0.3) is 5.91 Å². The Morgan fingerprint density at radius 2 is 2.08 bits per heavy atom. The second-order valence-corrected chi connectivity index (χ2v) is 5.95. The van der Waals surface area contributed by atoms with E-state index >= 15 is 0 Å². The number of likely N-dealkylation sites (tertiary alicyclic amines) is 1. The van der Waals surface area contributed by atoms with E-state index in [2.05, 4.69) is 25.4 Å². The predicted molar refractivity (Wildman–Crippen MR) is 88.1 cm³/mol. The van der Waals surface area contributed by atoms with Gasteiger partial charge < -0.3 is 10.6 Å². The van der Waals surface area contributed by atoms with E-state index in [9.17, 15) is 4.79 Å². The van der Waals surface area contributed by atoms with Gasteiger partial charge in [-0.05, 0) is 38.0 Å². The van der Waals surface area contributed by atoms with Crippen molar-refractivity contribution >= 4 is 22.8 Å². The maximum Gasteiger partial charge on any atom is 0.254 e. The number of aryl methyl sites for hydroxylation is 1. The summed E-state index contributed by atoms with van der Waals surface area (Å²) >= 11 is 0. The predicted octanol–water partition coefficient (Wildman–Crippen LogP) is 1.62. The monoisotopic (exact) mass is 323 g/mol. The number of H-pyrrole nitrogens is 1. The van der Waals surface area contributed by atoms with Crippen LogP contribution in [0.2, 0.25) is 0 Å². The highest BCUT2D eigenvalue weighted by atomic mass is 16.2. The SMILES string of the molecule is Cc1nc(N)cc(C2CCCN2C(=O)c2ccc3n[nH]nc3c2)n1. The molecule has 1 aliphatic rings. The van der Waals surface area contributed by atoms with Gasteiger partial charge in [0.2, 0.25) is 0 Å². The summed E-state index contributed by atoms with van der Waals surface area (Å²) in [6.07, 6.45) is 1.80. The molecule has 2 aromatic heterocycles. The van der Waals surface area contributed by atoms with Gasteiger partial charge in [0.1, 0.15) is 22.7 Å². The third-order valence-electron chi connectivity index (χ3n) is 4.30. The summed E-state index contributed by atoms with van der Waals surface area (Å²) in [5.41, 5.74) is 8.65. The number of nitrogens with zero attached hydrogens (tertiary/aromatic N) is 5. The molecule has 0 radical (unpaired) electrons. The summed E-state index contributed by atoms with van der Waals surface area (Å²) in [6.45, 7) is 2.50. The first-order chi connectivity index (χ1) is 11.6. The first-order valence-electron chi connectivity index (χ1n) is 7.84. The maximum absolute atomic E-state index is 13.0. The number of amides is 1. The minimum Gasteiger partial charge on any atom is -0.384 e. The Bertz CT molecular complexity index is 899. The Balaban J connectivity index is 1.67. The standard InChI is InChI=1S/C16H17N7O/c1-9-18-13(8-15(17)19-9)14-3-2-6-23(14)16(24)10-4-5-11-12(7-10)21-22-20-11/h4-5,7-8,14H,2-3,6H2,1H3,(H2,17,18,19)(H,20,21,22). The number of hydrogen-bond acceptors (Lipinski definition) is 6. The van der Waals surface area contributed by atoms with Crippen molar-refractivity contribution in [1.82, 2.24) is 30.3 Å². The van der Waals surface area contributed by atoms with Gasteiger partial charge in [0.05, 0.1) is 11.7 Å². The number of hydrogen-bond donors (Lipinski definition) is 2. The largest absolute Gasteiger partial charge is 0.384 e. The highest BCUT2D eigenvalue weighted by Gasteiger charge is 2.32. The zero-order chi connectivity index (χ0) is 16.7. The lowest BCUT2D eigenvalue weighted by molar-refractivity contribution is 0.0733. The first kappa shape index (κ1) is 14.6. The molecule has 1 fully saturated rings. The number of nitrogens with two attached hydrogens (primary N) is 1. The Kier molecular flexibility index (Phi) is 3.37. The van der Waals surface area contributed by atoms with Gasteiger partial charge in [-0.2, -0.15) is 15.4 Å². The van der Waals surface area contributed by atoms with E-state index in [1.54, 1.807) is 31.2 Å². The molecule has 8 nitrogen and oxygen atoms in total. The zero-order valence-electron chi connectivity index (χ0n) is 13.2. The Morgan fingerprint density at radius 3 is 2.92 bits per heavy atom. The maximum atomic E-state index is 13.0. The van der Waals surface area contributed by atoms with Gasteiger partial charge >= 0.3 is 0 Å². The quantitative estimate of drug-likeness (QED) is 0.740. The number of aromatic amines is 1. The van der Waals surface area contributed by atoms with Crippen LogP contribution >= 0.6 is 0 Å². The fourth-order valence-corrected chi connectivity index (χ4v) is 3.24. The Morgan fingerprint density at radius 1 is 1.25 bits per heavy atom. The lowest BCUT2D eigenvalue weighted by atomic mass is 10.1. The van der Waals surface area contributed by atoms with E-state index in [1.807, 2.05) is 4.90 Å². The van der Waals surface area contributed by atoms with Crippen LogP contribution in [0.4, 0.5) is 5.82 Å². The average Bonchev–Trinajstić information content (AvgIpc) is 3.21. The molecule has 1 saturated heterocycles. The second-order valence-electron chi connectivity index (χ2n) is 5.95. The van der Waals surface area contributed by atoms with Crippen LogP contribution in [0.3, 0.4) is 0 Å². The van der Waals surface area contributed by atoms with Crippen molar-refractivity contribution in [3.8, 4) is 0 Å². The fraction of sp³-hybridized carbons (Fsp3) is 0.312. The molecule has 122 valence electrons. The van der Waals surface area contributed by atoms with E-state index < -0.39 is 0 Å². The van der Waals surface area contributed by atoms with E-state index in [4.69, 9.17) is 5.73 Å². The summed E-state index contributed by atoms with van der Waals surface area (Å²) in [7, 11) is 0. The number of rotatable bonds is 2. The van der Waals surface area contributed by atoms with Crippen molar-refractivity contribution in [1.29, 1.82) is 0 Å². The van der Waals surface area contributed by atoms with Crippen molar-refractivity contribution in [2.75, 3.05) is 12.3 Å². The number of benzene rings is 1. The van der Waals surface area contributed by atoms with Crippen molar-refractivity contribution < 1.29 is 4.79 Å². The molecule has 24 heavy (non-hydrogen) atoms. The smallest absolute Gasteiger partial charge is 0.254 e. The minimum atomic E-state index is -0.0745. The molecule has 1 aliphatic heterocycles. The van der Waals surface area contributed by atoms with Gasteiger partial charge in [-0.1, -0.05) is 0 Å². The molecule has 0 spiro atoms. The molecule has 1 unspecified atom stereocenters. The van der Waals surface area contributed by atoms with Crippen LogP contribution in [0.25, 0.3) is 11.0 Å².